The molecule has 9 nitrogen and oxygen atoms in total. The van der Waals surface area contributed by atoms with Crippen LogP contribution in [0.1, 0.15) is 17.3 Å². The van der Waals surface area contributed by atoms with Crippen LogP contribution in [-0.4, -0.2) is 32.2 Å². The first-order valence-corrected chi connectivity index (χ1v) is 7.34. The highest BCUT2D eigenvalue weighted by Gasteiger charge is 2.18. The largest absolute Gasteiger partial charge is 0.460 e. The lowest BCUT2D eigenvalue weighted by atomic mass is 10.2. The molecule has 0 aliphatic carbocycles. The Labute approximate surface area is 124 Å². The Morgan fingerprint density at radius 3 is 2.67 bits per heavy atom. The molecule has 0 saturated heterocycles. The normalized spacial score (nSPS) is 12.5. The lowest BCUT2D eigenvalue weighted by molar-refractivity contribution is -0.767. The van der Waals surface area contributed by atoms with Crippen LogP contribution in [0.15, 0.2) is 23.1 Å². The smallest absolute Gasteiger partial charge is 0.338 e. The number of esters is 1. The maximum atomic E-state index is 11.7. The number of nitrogens with two attached hydrogens (primary N) is 1. The maximum absolute atomic E-state index is 11.7. The van der Waals surface area contributed by atoms with Gasteiger partial charge in [-0.05, 0) is 25.1 Å². The summed E-state index contributed by atoms with van der Waals surface area (Å²) >= 11 is 5.66. The van der Waals surface area contributed by atoms with Crippen LogP contribution in [0, 0.1) is 10.1 Å². The van der Waals surface area contributed by atoms with E-state index in [0.717, 1.165) is 6.07 Å². The highest BCUT2D eigenvalue weighted by molar-refractivity contribution is 7.89. The zero-order chi connectivity index (χ0) is 16.2. The van der Waals surface area contributed by atoms with Crippen molar-refractivity contribution in [3.63, 3.8) is 0 Å². The van der Waals surface area contributed by atoms with Gasteiger partial charge in [-0.1, -0.05) is 11.6 Å². The molecule has 116 valence electrons. The van der Waals surface area contributed by atoms with E-state index in [9.17, 15) is 23.3 Å². The van der Waals surface area contributed by atoms with Crippen LogP contribution in [0.2, 0.25) is 5.02 Å². The first kappa shape index (κ1) is 17.1. The molecule has 1 aromatic rings. The SMILES string of the molecule is CC(COC(=O)c1ccc(Cl)c(S(N)(=O)=O)c1)O[N+](=O)[O-]. The number of rotatable bonds is 6. The van der Waals surface area contributed by atoms with Crippen LogP contribution in [0.4, 0.5) is 0 Å². The van der Waals surface area contributed by atoms with Crippen molar-refractivity contribution in [1.82, 2.24) is 0 Å². The summed E-state index contributed by atoms with van der Waals surface area (Å²) in [6.45, 7) is 0.945. The van der Waals surface area contributed by atoms with Gasteiger partial charge in [0, 0.05) is 0 Å². The molecular formula is C10H11ClN2O7S. The molecule has 1 atom stereocenters. The summed E-state index contributed by atoms with van der Waals surface area (Å²) in [6, 6.07) is 3.37. The van der Waals surface area contributed by atoms with Gasteiger partial charge in [0.2, 0.25) is 10.0 Å². The van der Waals surface area contributed by atoms with Crippen molar-refractivity contribution in [2.24, 2.45) is 5.14 Å². The summed E-state index contributed by atoms with van der Waals surface area (Å²) in [6.07, 6.45) is -0.964. The van der Waals surface area contributed by atoms with Crippen molar-refractivity contribution in [2.45, 2.75) is 17.9 Å². The Hall–Kier alpha value is -1.91. The van der Waals surface area contributed by atoms with Gasteiger partial charge in [-0.25, -0.2) is 18.4 Å². The number of nitrogens with zero attached hydrogens (tertiary/aromatic N) is 1. The molecule has 0 bridgehead atoms. The van der Waals surface area contributed by atoms with E-state index in [-0.39, 0.29) is 17.2 Å². The number of hydrogen-bond donors (Lipinski definition) is 1. The number of sulfonamides is 1. The predicted molar refractivity (Wildman–Crippen MR) is 70.6 cm³/mol. The van der Waals surface area contributed by atoms with Crippen molar-refractivity contribution in [1.29, 1.82) is 0 Å². The Bertz CT molecular complexity index is 661. The molecule has 2 N–H and O–H groups in total. The van der Waals surface area contributed by atoms with E-state index in [1.165, 1.54) is 19.1 Å². The molecular weight excluding hydrogens is 328 g/mol. The molecule has 1 unspecified atom stereocenters. The number of benzene rings is 1. The third-order valence-corrected chi connectivity index (χ3v) is 3.58. The molecule has 0 radical (unpaired) electrons. The number of carbonyl (C=O) groups is 1. The fraction of sp³-hybridized carbons (Fsp3) is 0.300. The molecule has 0 amide bonds. The minimum atomic E-state index is -4.09. The summed E-state index contributed by atoms with van der Waals surface area (Å²) in [7, 11) is -4.09. The van der Waals surface area contributed by atoms with Crippen molar-refractivity contribution in [2.75, 3.05) is 6.61 Å². The summed E-state index contributed by atoms with van der Waals surface area (Å²) in [5, 5.41) is 13.9. The Balaban J connectivity index is 2.82. The van der Waals surface area contributed by atoms with Gasteiger partial charge < -0.3 is 9.57 Å². The first-order valence-electron chi connectivity index (χ1n) is 5.42. The lowest BCUT2D eigenvalue weighted by Gasteiger charge is -2.10. The molecule has 0 aromatic heterocycles. The quantitative estimate of drug-likeness (QED) is 0.458. The standard InChI is InChI=1S/C10H11ClN2O7S/c1-6(20-13(15)16)5-19-10(14)7-2-3-8(11)9(4-7)21(12,17)18/h2-4,6H,5H2,1H3,(H2,12,17,18). The van der Waals surface area contributed by atoms with Gasteiger partial charge in [0.15, 0.2) is 0 Å². The zero-order valence-electron chi connectivity index (χ0n) is 10.7. The molecule has 0 spiro atoms. The zero-order valence-corrected chi connectivity index (χ0v) is 12.3. The van der Waals surface area contributed by atoms with Gasteiger partial charge in [-0.3, -0.25) is 0 Å². The minimum absolute atomic E-state index is 0.114. The predicted octanol–water partition coefficient (Wildman–Crippen LogP) is 0.741. The van der Waals surface area contributed by atoms with Gasteiger partial charge in [0.1, 0.15) is 17.6 Å². The van der Waals surface area contributed by atoms with Crippen LogP contribution >= 0.6 is 11.6 Å². The Kier molecular flexibility index (Phi) is 5.47. The summed E-state index contributed by atoms with van der Waals surface area (Å²) in [4.78, 5) is 25.5. The van der Waals surface area contributed by atoms with E-state index in [2.05, 4.69) is 4.84 Å². The van der Waals surface area contributed by atoms with Crippen LogP contribution in [0.5, 0.6) is 0 Å². The molecule has 0 heterocycles. The fourth-order valence-electron chi connectivity index (χ4n) is 1.30. The van der Waals surface area contributed by atoms with Crippen molar-refractivity contribution in [3.8, 4) is 0 Å². The second kappa shape index (κ2) is 6.70. The molecule has 21 heavy (non-hydrogen) atoms. The molecule has 0 fully saturated rings. The Morgan fingerprint density at radius 2 is 2.14 bits per heavy atom. The number of halogens is 1. The van der Waals surface area contributed by atoms with E-state index >= 15 is 0 Å². The second-order valence-corrected chi connectivity index (χ2v) is 5.87. The summed E-state index contributed by atoms with van der Waals surface area (Å²) in [5.41, 5.74) is -0.114. The summed E-state index contributed by atoms with van der Waals surface area (Å²) < 4.78 is 27.3. The molecule has 0 aliphatic rings. The fourth-order valence-corrected chi connectivity index (χ4v) is 2.37. The third kappa shape index (κ3) is 5.17. The van der Waals surface area contributed by atoms with Crippen LogP contribution < -0.4 is 5.14 Å². The van der Waals surface area contributed by atoms with E-state index in [1.54, 1.807) is 0 Å². The third-order valence-electron chi connectivity index (χ3n) is 2.19. The van der Waals surface area contributed by atoms with Crippen LogP contribution in [-0.2, 0) is 19.6 Å². The minimum Gasteiger partial charge on any atom is -0.460 e. The first-order chi connectivity index (χ1) is 9.61. The van der Waals surface area contributed by atoms with Gasteiger partial charge in [0.05, 0.1) is 10.6 Å². The van der Waals surface area contributed by atoms with Gasteiger partial charge >= 0.3 is 5.97 Å². The highest BCUT2D eigenvalue weighted by atomic mass is 35.5. The molecule has 0 aliphatic heterocycles. The van der Waals surface area contributed by atoms with Crippen molar-refractivity contribution >= 4 is 27.6 Å². The lowest BCUT2D eigenvalue weighted by Crippen LogP contribution is -2.22. The van der Waals surface area contributed by atoms with E-state index < -0.39 is 32.1 Å². The Morgan fingerprint density at radius 1 is 1.52 bits per heavy atom. The maximum Gasteiger partial charge on any atom is 0.338 e. The van der Waals surface area contributed by atoms with Crippen LogP contribution in [0.3, 0.4) is 0 Å². The molecule has 1 rings (SSSR count). The average molecular weight is 339 g/mol. The van der Waals surface area contributed by atoms with E-state index in [1.807, 2.05) is 0 Å². The number of hydrogen-bond acceptors (Lipinski definition) is 7. The number of ether oxygens (including phenoxy) is 1. The summed E-state index contributed by atoms with van der Waals surface area (Å²) in [5.74, 6) is -0.893. The number of primary sulfonamides is 1. The van der Waals surface area contributed by atoms with Crippen molar-refractivity contribution < 1.29 is 27.9 Å². The van der Waals surface area contributed by atoms with Gasteiger partial charge in [-0.15, -0.1) is 10.1 Å². The highest BCUT2D eigenvalue weighted by Crippen LogP contribution is 2.21. The van der Waals surface area contributed by atoms with Gasteiger partial charge in [0.25, 0.3) is 5.09 Å². The van der Waals surface area contributed by atoms with E-state index in [0.29, 0.717) is 0 Å². The van der Waals surface area contributed by atoms with Gasteiger partial charge in [-0.2, -0.15) is 0 Å². The van der Waals surface area contributed by atoms with Crippen LogP contribution in [0.25, 0.3) is 0 Å². The van der Waals surface area contributed by atoms with Crippen molar-refractivity contribution in [3.05, 3.63) is 38.9 Å². The monoisotopic (exact) mass is 338 g/mol. The molecule has 1 aromatic carbocycles. The second-order valence-electron chi connectivity index (χ2n) is 3.93. The number of carbonyl (C=O) groups excluding carboxylic acids is 1. The topological polar surface area (TPSA) is 139 Å². The molecule has 0 saturated carbocycles. The van der Waals surface area contributed by atoms with E-state index in [4.69, 9.17) is 21.5 Å². The average Bonchev–Trinajstić information content (AvgIpc) is 2.34. The molecule has 11 heteroatoms.